The minimum absolute atomic E-state index is 0.0434. The summed E-state index contributed by atoms with van der Waals surface area (Å²) in [6, 6.07) is 9.36. The molecule has 25 heavy (non-hydrogen) atoms. The number of carbonyl (C=O) groups is 2. The lowest BCUT2D eigenvalue weighted by Crippen LogP contribution is -2.30. The van der Waals surface area contributed by atoms with Gasteiger partial charge in [-0.05, 0) is 36.4 Å². The van der Waals surface area contributed by atoms with Gasteiger partial charge in [0, 0.05) is 6.04 Å². The Kier molecular flexibility index (Phi) is 5.05. The third-order valence-electron chi connectivity index (χ3n) is 3.43. The maximum absolute atomic E-state index is 12.3. The van der Waals surface area contributed by atoms with E-state index in [-0.39, 0.29) is 27.4 Å². The van der Waals surface area contributed by atoms with Crippen molar-refractivity contribution in [1.82, 2.24) is 5.32 Å². The Bertz CT molecular complexity index is 874. The lowest BCUT2D eigenvalue weighted by Gasteiger charge is -2.11. The SMILES string of the molecule is O=C(COC(=O)c1ccccc1NS(=O)(=O)c1cccs1)NC1CC1. The Morgan fingerprint density at radius 1 is 1.16 bits per heavy atom. The van der Waals surface area contributed by atoms with Crippen LogP contribution in [0.25, 0.3) is 0 Å². The number of thiophene rings is 1. The number of para-hydroxylation sites is 1. The van der Waals surface area contributed by atoms with E-state index in [2.05, 4.69) is 10.0 Å². The normalized spacial score (nSPS) is 13.9. The van der Waals surface area contributed by atoms with Crippen molar-refractivity contribution in [3.8, 4) is 0 Å². The van der Waals surface area contributed by atoms with Crippen molar-refractivity contribution in [1.29, 1.82) is 0 Å². The quantitative estimate of drug-likeness (QED) is 0.715. The molecule has 2 N–H and O–H groups in total. The first-order valence-electron chi connectivity index (χ1n) is 7.57. The number of hydrogen-bond donors (Lipinski definition) is 2. The second-order valence-corrected chi connectivity index (χ2v) is 8.36. The van der Waals surface area contributed by atoms with Crippen LogP contribution in [0.15, 0.2) is 46.0 Å². The lowest BCUT2D eigenvalue weighted by molar-refractivity contribution is -0.124. The molecule has 0 spiro atoms. The van der Waals surface area contributed by atoms with Crippen LogP contribution in [0.5, 0.6) is 0 Å². The van der Waals surface area contributed by atoms with E-state index in [0.717, 1.165) is 24.2 Å². The summed E-state index contributed by atoms with van der Waals surface area (Å²) in [5.41, 5.74) is 0.144. The number of nitrogens with one attached hydrogen (secondary N) is 2. The van der Waals surface area contributed by atoms with Gasteiger partial charge < -0.3 is 10.1 Å². The van der Waals surface area contributed by atoms with E-state index in [1.54, 1.807) is 23.6 Å². The first kappa shape index (κ1) is 17.4. The summed E-state index contributed by atoms with van der Waals surface area (Å²) in [6.07, 6.45) is 1.88. The van der Waals surface area contributed by atoms with Crippen LogP contribution in [0.2, 0.25) is 0 Å². The molecule has 0 atom stereocenters. The number of carbonyl (C=O) groups excluding carboxylic acids is 2. The number of anilines is 1. The standard InChI is InChI=1S/C16H16N2O5S2/c19-14(17-11-7-8-11)10-23-16(20)12-4-1-2-5-13(12)18-25(21,22)15-6-3-9-24-15/h1-6,9,11,18H,7-8,10H2,(H,17,19). The third-order valence-corrected chi connectivity index (χ3v) is 6.19. The minimum Gasteiger partial charge on any atom is -0.452 e. The zero-order valence-electron chi connectivity index (χ0n) is 13.1. The summed E-state index contributed by atoms with van der Waals surface area (Å²) >= 11 is 1.07. The number of ether oxygens (including phenoxy) is 1. The molecule has 1 aliphatic carbocycles. The largest absolute Gasteiger partial charge is 0.452 e. The average molecular weight is 380 g/mol. The van der Waals surface area contributed by atoms with E-state index in [1.165, 1.54) is 18.2 Å². The van der Waals surface area contributed by atoms with Crippen LogP contribution in [0.1, 0.15) is 23.2 Å². The molecule has 1 saturated carbocycles. The highest BCUT2D eigenvalue weighted by Crippen LogP contribution is 2.23. The van der Waals surface area contributed by atoms with Crippen LogP contribution in [-0.2, 0) is 19.6 Å². The van der Waals surface area contributed by atoms with Crippen LogP contribution >= 0.6 is 11.3 Å². The molecule has 132 valence electrons. The van der Waals surface area contributed by atoms with Crippen molar-refractivity contribution < 1.29 is 22.7 Å². The van der Waals surface area contributed by atoms with Gasteiger partial charge in [-0.3, -0.25) is 9.52 Å². The monoisotopic (exact) mass is 380 g/mol. The number of rotatable bonds is 7. The van der Waals surface area contributed by atoms with Crippen LogP contribution < -0.4 is 10.0 Å². The summed E-state index contributed by atoms with van der Waals surface area (Å²) in [5.74, 6) is -1.14. The van der Waals surface area contributed by atoms with E-state index in [9.17, 15) is 18.0 Å². The smallest absolute Gasteiger partial charge is 0.340 e. The molecule has 2 aromatic rings. The van der Waals surface area contributed by atoms with E-state index in [0.29, 0.717) is 0 Å². The zero-order valence-corrected chi connectivity index (χ0v) is 14.7. The van der Waals surface area contributed by atoms with Gasteiger partial charge in [0.2, 0.25) is 0 Å². The highest BCUT2D eigenvalue weighted by atomic mass is 32.2. The second-order valence-electron chi connectivity index (χ2n) is 5.50. The molecule has 0 aliphatic heterocycles. The first-order valence-corrected chi connectivity index (χ1v) is 9.94. The predicted molar refractivity (Wildman–Crippen MR) is 93.0 cm³/mol. The van der Waals surface area contributed by atoms with E-state index in [1.807, 2.05) is 0 Å². The van der Waals surface area contributed by atoms with Crippen molar-refractivity contribution >= 4 is 38.9 Å². The lowest BCUT2D eigenvalue weighted by atomic mass is 10.2. The van der Waals surface area contributed by atoms with E-state index in [4.69, 9.17) is 4.74 Å². The molecule has 1 heterocycles. The first-order chi connectivity index (χ1) is 12.0. The molecular formula is C16H16N2O5S2. The van der Waals surface area contributed by atoms with Gasteiger partial charge in [-0.15, -0.1) is 11.3 Å². The number of hydrogen-bond acceptors (Lipinski definition) is 6. The molecule has 1 amide bonds. The van der Waals surface area contributed by atoms with Gasteiger partial charge in [-0.1, -0.05) is 18.2 Å². The van der Waals surface area contributed by atoms with Gasteiger partial charge in [0.1, 0.15) is 4.21 Å². The van der Waals surface area contributed by atoms with Crippen LogP contribution in [0, 0.1) is 0 Å². The van der Waals surface area contributed by atoms with E-state index >= 15 is 0 Å². The predicted octanol–water partition coefficient (Wildman–Crippen LogP) is 1.98. The molecule has 0 radical (unpaired) electrons. The van der Waals surface area contributed by atoms with Gasteiger partial charge in [-0.2, -0.15) is 0 Å². The molecule has 1 aliphatic rings. The van der Waals surface area contributed by atoms with Gasteiger partial charge in [0.15, 0.2) is 6.61 Å². The van der Waals surface area contributed by atoms with Crippen molar-refractivity contribution in [2.75, 3.05) is 11.3 Å². The summed E-state index contributed by atoms with van der Waals surface area (Å²) in [5, 5.41) is 4.35. The summed E-state index contributed by atoms with van der Waals surface area (Å²) < 4.78 is 32.1. The van der Waals surface area contributed by atoms with E-state index < -0.39 is 22.6 Å². The summed E-state index contributed by atoms with van der Waals surface area (Å²) in [4.78, 5) is 23.8. The van der Waals surface area contributed by atoms with Gasteiger partial charge in [0.05, 0.1) is 11.3 Å². The fraction of sp³-hybridized carbons (Fsp3) is 0.250. The van der Waals surface area contributed by atoms with Gasteiger partial charge in [-0.25, -0.2) is 13.2 Å². The second kappa shape index (κ2) is 7.24. The molecule has 0 saturated heterocycles. The number of esters is 1. The van der Waals surface area contributed by atoms with Crippen molar-refractivity contribution in [2.24, 2.45) is 0 Å². The number of benzene rings is 1. The fourth-order valence-corrected chi connectivity index (χ4v) is 4.14. The molecule has 7 nitrogen and oxygen atoms in total. The van der Waals surface area contributed by atoms with Gasteiger partial charge in [0.25, 0.3) is 15.9 Å². The highest BCUT2D eigenvalue weighted by Gasteiger charge is 2.24. The molecule has 9 heteroatoms. The molecule has 1 aromatic heterocycles. The maximum atomic E-state index is 12.3. The number of amides is 1. The Morgan fingerprint density at radius 3 is 2.60 bits per heavy atom. The average Bonchev–Trinajstić information content (AvgIpc) is 3.20. The molecule has 1 fully saturated rings. The Balaban J connectivity index is 1.69. The number of sulfonamides is 1. The molecular weight excluding hydrogens is 364 g/mol. The van der Waals surface area contributed by atoms with Crippen LogP contribution in [0.4, 0.5) is 5.69 Å². The maximum Gasteiger partial charge on any atom is 0.340 e. The molecule has 0 unspecified atom stereocenters. The molecule has 1 aromatic carbocycles. The van der Waals surface area contributed by atoms with Crippen molar-refractivity contribution in [3.63, 3.8) is 0 Å². The summed E-state index contributed by atoms with van der Waals surface area (Å²) in [7, 11) is -3.78. The fourth-order valence-electron chi connectivity index (χ4n) is 2.07. The van der Waals surface area contributed by atoms with Crippen LogP contribution in [-0.4, -0.2) is 32.9 Å². The Morgan fingerprint density at radius 2 is 1.92 bits per heavy atom. The third kappa shape index (κ3) is 4.58. The summed E-state index contributed by atoms with van der Waals surface area (Å²) in [6.45, 7) is -0.401. The Hall–Kier alpha value is -2.39. The minimum atomic E-state index is -3.78. The van der Waals surface area contributed by atoms with Crippen molar-refractivity contribution in [3.05, 3.63) is 47.3 Å². The topological polar surface area (TPSA) is 102 Å². The molecule has 0 bridgehead atoms. The zero-order chi connectivity index (χ0) is 17.9. The Labute approximate surface area is 149 Å². The highest BCUT2D eigenvalue weighted by molar-refractivity contribution is 7.94. The van der Waals surface area contributed by atoms with Gasteiger partial charge >= 0.3 is 5.97 Å². The molecule has 3 rings (SSSR count). The van der Waals surface area contributed by atoms with Crippen LogP contribution in [0.3, 0.4) is 0 Å². The van der Waals surface area contributed by atoms with Crippen molar-refractivity contribution in [2.45, 2.75) is 23.1 Å².